The molecule has 2 heterocycles. The molecule has 136 valence electrons. The number of Topliss-reactive ketones (excluding diaryl/α,β-unsaturated/α-hetero) is 1. The van der Waals surface area contributed by atoms with E-state index in [1.165, 1.54) is 48.8 Å². The van der Waals surface area contributed by atoms with Crippen molar-refractivity contribution < 1.29 is 27.9 Å². The van der Waals surface area contributed by atoms with Gasteiger partial charge in [0.1, 0.15) is 5.92 Å². The molecular formula is C17H14F3N3O3. The first-order valence-corrected chi connectivity index (χ1v) is 7.61. The maximum atomic E-state index is 13.3. The van der Waals surface area contributed by atoms with Gasteiger partial charge in [0.25, 0.3) is 0 Å². The van der Waals surface area contributed by atoms with Gasteiger partial charge in [-0.25, -0.2) is 4.79 Å². The van der Waals surface area contributed by atoms with Gasteiger partial charge in [-0.3, -0.25) is 9.78 Å². The summed E-state index contributed by atoms with van der Waals surface area (Å²) in [5.41, 5.74) is -2.35. The molecule has 0 spiro atoms. The summed E-state index contributed by atoms with van der Waals surface area (Å²) in [5.74, 6) is -4.19. The van der Waals surface area contributed by atoms with E-state index in [9.17, 15) is 27.9 Å². The highest BCUT2D eigenvalue weighted by Gasteiger charge is 2.59. The molecule has 0 aliphatic carbocycles. The quantitative estimate of drug-likeness (QED) is 0.776. The molecule has 0 radical (unpaired) electrons. The third kappa shape index (κ3) is 3.13. The van der Waals surface area contributed by atoms with E-state index in [2.05, 4.69) is 15.6 Å². The minimum Gasteiger partial charge on any atom is -0.366 e. The van der Waals surface area contributed by atoms with E-state index in [-0.39, 0.29) is 11.1 Å². The number of carbonyl (C=O) groups excluding carboxylic acids is 2. The zero-order valence-corrected chi connectivity index (χ0v) is 13.2. The number of benzene rings is 1. The Balaban J connectivity index is 2.18. The number of carbonyl (C=O) groups is 2. The lowest BCUT2D eigenvalue weighted by Crippen LogP contribution is -2.66. The van der Waals surface area contributed by atoms with E-state index in [1.54, 1.807) is 6.07 Å². The number of alkyl halides is 3. The first-order valence-electron chi connectivity index (χ1n) is 7.61. The summed E-state index contributed by atoms with van der Waals surface area (Å²) in [6.07, 6.45) is -2.57. The lowest BCUT2D eigenvalue weighted by atomic mass is 9.76. The number of nitrogens with one attached hydrogen (secondary N) is 2. The first kappa shape index (κ1) is 17.9. The van der Waals surface area contributed by atoms with E-state index in [0.29, 0.717) is 0 Å². The minimum atomic E-state index is -5.21. The van der Waals surface area contributed by atoms with Crippen LogP contribution in [0.1, 0.15) is 17.2 Å². The molecule has 1 saturated heterocycles. The van der Waals surface area contributed by atoms with Crippen LogP contribution in [-0.4, -0.2) is 28.1 Å². The molecule has 3 atom stereocenters. The van der Waals surface area contributed by atoms with Crippen molar-refractivity contribution in [3.63, 3.8) is 0 Å². The van der Waals surface area contributed by atoms with E-state index < -0.39 is 35.7 Å². The Hall–Kier alpha value is -2.94. The summed E-state index contributed by atoms with van der Waals surface area (Å²) in [5, 5.41) is 15.4. The van der Waals surface area contributed by atoms with E-state index in [0.717, 1.165) is 0 Å². The summed E-state index contributed by atoms with van der Waals surface area (Å²) in [4.78, 5) is 28.0. The number of ketones is 1. The van der Waals surface area contributed by atoms with Crippen molar-refractivity contribution in [1.82, 2.24) is 15.6 Å². The maximum Gasteiger partial charge on any atom is 0.450 e. The number of pyridine rings is 1. The van der Waals surface area contributed by atoms with Crippen LogP contribution in [0.25, 0.3) is 0 Å². The summed E-state index contributed by atoms with van der Waals surface area (Å²) in [7, 11) is 0. The maximum absolute atomic E-state index is 13.3. The predicted molar refractivity (Wildman–Crippen MR) is 83.5 cm³/mol. The van der Waals surface area contributed by atoms with Gasteiger partial charge in [-0.1, -0.05) is 30.3 Å². The Labute approximate surface area is 146 Å². The molecule has 9 heteroatoms. The van der Waals surface area contributed by atoms with Crippen LogP contribution in [0.3, 0.4) is 0 Å². The van der Waals surface area contributed by atoms with Crippen molar-refractivity contribution in [3.05, 3.63) is 66.0 Å². The molecule has 1 aromatic heterocycles. The van der Waals surface area contributed by atoms with Crippen LogP contribution in [0.5, 0.6) is 0 Å². The van der Waals surface area contributed by atoms with Gasteiger partial charge < -0.3 is 15.7 Å². The molecule has 1 aromatic carbocycles. The van der Waals surface area contributed by atoms with Crippen LogP contribution in [0.4, 0.5) is 18.0 Å². The summed E-state index contributed by atoms with van der Waals surface area (Å²) in [6, 6.07) is 7.69. The minimum absolute atomic E-state index is 0.0310. The largest absolute Gasteiger partial charge is 0.450 e. The van der Waals surface area contributed by atoms with Crippen molar-refractivity contribution in [3.8, 4) is 0 Å². The number of aliphatic hydroxyl groups is 1. The lowest BCUT2D eigenvalue weighted by molar-refractivity contribution is -0.190. The van der Waals surface area contributed by atoms with Crippen LogP contribution in [-0.2, 0) is 10.5 Å². The average Bonchev–Trinajstić information content (AvgIpc) is 2.61. The van der Waals surface area contributed by atoms with Gasteiger partial charge in [-0.15, -0.1) is 0 Å². The molecular weight excluding hydrogens is 351 g/mol. The SMILES string of the molecule is O=C1NC(c2ccncc2)C(C(=O)C(F)(F)F)C(O)(c2ccccc2)N1. The second-order valence-corrected chi connectivity index (χ2v) is 5.83. The zero-order valence-electron chi connectivity index (χ0n) is 13.2. The topological polar surface area (TPSA) is 91.3 Å². The van der Waals surface area contributed by atoms with Crippen molar-refractivity contribution in [1.29, 1.82) is 0 Å². The predicted octanol–water partition coefficient (Wildman–Crippen LogP) is 2.03. The molecule has 0 bridgehead atoms. The Kier molecular flexibility index (Phi) is 4.41. The first-order chi connectivity index (χ1) is 12.2. The summed E-state index contributed by atoms with van der Waals surface area (Å²) < 4.78 is 39.8. The Morgan fingerprint density at radius 3 is 2.31 bits per heavy atom. The number of halogens is 3. The summed E-state index contributed by atoms with van der Waals surface area (Å²) >= 11 is 0. The number of amides is 2. The van der Waals surface area contributed by atoms with Crippen molar-refractivity contribution in [2.75, 3.05) is 0 Å². The molecule has 3 unspecified atom stereocenters. The summed E-state index contributed by atoms with van der Waals surface area (Å²) in [6.45, 7) is 0. The average molecular weight is 365 g/mol. The lowest BCUT2D eigenvalue weighted by Gasteiger charge is -2.44. The zero-order chi connectivity index (χ0) is 18.9. The smallest absolute Gasteiger partial charge is 0.366 e. The third-order valence-corrected chi connectivity index (χ3v) is 4.22. The van der Waals surface area contributed by atoms with Gasteiger partial charge in [0.05, 0.1) is 6.04 Å². The Bertz CT molecular complexity index is 814. The molecule has 2 aromatic rings. The molecule has 3 rings (SSSR count). The number of rotatable bonds is 3. The van der Waals surface area contributed by atoms with Crippen LogP contribution in [0.15, 0.2) is 54.9 Å². The molecule has 2 amide bonds. The van der Waals surface area contributed by atoms with Crippen LogP contribution < -0.4 is 10.6 Å². The highest BCUT2D eigenvalue weighted by molar-refractivity contribution is 5.91. The van der Waals surface area contributed by atoms with E-state index in [1.807, 2.05) is 0 Å². The fraction of sp³-hybridized carbons (Fsp3) is 0.235. The van der Waals surface area contributed by atoms with Crippen LogP contribution in [0.2, 0.25) is 0 Å². The van der Waals surface area contributed by atoms with Gasteiger partial charge in [-0.05, 0) is 17.7 Å². The number of hydrogen-bond donors (Lipinski definition) is 3. The fourth-order valence-electron chi connectivity index (χ4n) is 3.06. The highest BCUT2D eigenvalue weighted by atomic mass is 19.4. The van der Waals surface area contributed by atoms with Gasteiger partial charge in [0.2, 0.25) is 5.78 Å². The van der Waals surface area contributed by atoms with Crippen molar-refractivity contribution in [2.45, 2.75) is 17.9 Å². The van der Waals surface area contributed by atoms with Gasteiger partial charge in [-0.2, -0.15) is 13.2 Å². The van der Waals surface area contributed by atoms with E-state index in [4.69, 9.17) is 0 Å². The third-order valence-electron chi connectivity index (χ3n) is 4.22. The second-order valence-electron chi connectivity index (χ2n) is 5.83. The fourth-order valence-corrected chi connectivity index (χ4v) is 3.06. The van der Waals surface area contributed by atoms with Gasteiger partial charge in [0, 0.05) is 18.0 Å². The Morgan fingerprint density at radius 1 is 1.12 bits per heavy atom. The molecule has 0 saturated carbocycles. The molecule has 3 N–H and O–H groups in total. The molecule has 1 aliphatic rings. The van der Waals surface area contributed by atoms with E-state index >= 15 is 0 Å². The second kappa shape index (κ2) is 6.41. The molecule has 26 heavy (non-hydrogen) atoms. The van der Waals surface area contributed by atoms with Gasteiger partial charge >= 0.3 is 12.2 Å². The highest BCUT2D eigenvalue weighted by Crippen LogP contribution is 2.42. The van der Waals surface area contributed by atoms with Gasteiger partial charge in [0.15, 0.2) is 5.72 Å². The molecule has 1 aliphatic heterocycles. The molecule has 6 nitrogen and oxygen atoms in total. The van der Waals surface area contributed by atoms with Crippen molar-refractivity contribution >= 4 is 11.8 Å². The number of nitrogens with zero attached hydrogens (tertiary/aromatic N) is 1. The number of urea groups is 1. The van der Waals surface area contributed by atoms with Crippen LogP contribution in [0, 0.1) is 5.92 Å². The standard InChI is InChI=1S/C17H14F3N3O3/c18-17(19,20)14(24)12-13(10-6-8-21-9-7-10)22-15(25)23-16(12,26)11-4-2-1-3-5-11/h1-9,12-13,26H,(H2,22,23,25). The normalized spacial score (nSPS) is 25.9. The Morgan fingerprint density at radius 2 is 1.73 bits per heavy atom. The number of hydrogen-bond acceptors (Lipinski definition) is 4. The van der Waals surface area contributed by atoms with Crippen molar-refractivity contribution in [2.24, 2.45) is 5.92 Å². The van der Waals surface area contributed by atoms with Crippen LogP contribution >= 0.6 is 0 Å². The molecule has 1 fully saturated rings. The monoisotopic (exact) mass is 365 g/mol. The number of aromatic nitrogens is 1.